The SMILES string of the molecule is CCCn1c(-c2ccc(NC(=O)NCC)cc2)c(C#N)c2cc(OC)ccc21. The molecule has 2 N–H and O–H groups in total. The number of urea groups is 1. The number of aryl methyl sites for hydroxylation is 1. The minimum absolute atomic E-state index is 0.236. The van der Waals surface area contributed by atoms with Crippen LogP contribution in [0.15, 0.2) is 42.5 Å². The van der Waals surface area contributed by atoms with E-state index in [4.69, 9.17) is 4.74 Å². The zero-order valence-corrected chi connectivity index (χ0v) is 16.4. The molecule has 2 amide bonds. The molecule has 3 aromatic rings. The van der Waals surface area contributed by atoms with Gasteiger partial charge in [-0.1, -0.05) is 19.1 Å². The maximum Gasteiger partial charge on any atom is 0.319 e. The number of nitriles is 1. The molecule has 6 heteroatoms. The van der Waals surface area contributed by atoms with Gasteiger partial charge in [0, 0.05) is 24.2 Å². The minimum atomic E-state index is -0.236. The molecule has 0 aliphatic heterocycles. The molecule has 0 aliphatic carbocycles. The summed E-state index contributed by atoms with van der Waals surface area (Å²) in [5.41, 5.74) is 4.16. The van der Waals surface area contributed by atoms with Gasteiger partial charge in [0.25, 0.3) is 0 Å². The number of fused-ring (bicyclic) bond motifs is 1. The number of benzene rings is 2. The van der Waals surface area contributed by atoms with E-state index in [1.165, 1.54) is 0 Å². The first kappa shape index (κ1) is 19.3. The topological polar surface area (TPSA) is 79.1 Å². The number of hydrogen-bond acceptors (Lipinski definition) is 3. The standard InChI is InChI=1S/C22H24N4O2/c1-4-12-26-20-11-10-17(28-3)13-18(20)19(14-23)21(26)15-6-8-16(9-7-15)25-22(27)24-5-2/h6-11,13H,4-5,12H2,1-3H3,(H2,24,25,27). The number of methoxy groups -OCH3 is 1. The Bertz CT molecular complexity index is 1030. The zero-order valence-electron chi connectivity index (χ0n) is 16.4. The van der Waals surface area contributed by atoms with Gasteiger partial charge in [-0.3, -0.25) is 0 Å². The van der Waals surface area contributed by atoms with Gasteiger partial charge in [-0.2, -0.15) is 5.26 Å². The molecule has 0 fully saturated rings. The van der Waals surface area contributed by atoms with Gasteiger partial charge >= 0.3 is 6.03 Å². The van der Waals surface area contributed by atoms with Gasteiger partial charge in [0.15, 0.2) is 0 Å². The van der Waals surface area contributed by atoms with E-state index in [1.54, 1.807) is 7.11 Å². The van der Waals surface area contributed by atoms with Crippen molar-refractivity contribution < 1.29 is 9.53 Å². The molecular formula is C22H24N4O2. The number of amides is 2. The van der Waals surface area contributed by atoms with Crippen LogP contribution >= 0.6 is 0 Å². The molecular weight excluding hydrogens is 352 g/mol. The molecule has 2 aromatic carbocycles. The third-order valence-electron chi connectivity index (χ3n) is 4.58. The largest absolute Gasteiger partial charge is 0.497 e. The predicted molar refractivity (Wildman–Crippen MR) is 112 cm³/mol. The van der Waals surface area contributed by atoms with E-state index in [-0.39, 0.29) is 6.03 Å². The Balaban J connectivity index is 2.10. The summed E-state index contributed by atoms with van der Waals surface area (Å²) in [6, 6.07) is 15.5. The third kappa shape index (κ3) is 3.65. The van der Waals surface area contributed by atoms with Crippen molar-refractivity contribution >= 4 is 22.6 Å². The van der Waals surface area contributed by atoms with E-state index in [2.05, 4.69) is 28.2 Å². The van der Waals surface area contributed by atoms with Crippen LogP contribution in [0.3, 0.4) is 0 Å². The molecule has 1 aromatic heterocycles. The van der Waals surface area contributed by atoms with Crippen LogP contribution < -0.4 is 15.4 Å². The number of anilines is 1. The second-order valence-corrected chi connectivity index (χ2v) is 6.43. The van der Waals surface area contributed by atoms with Crippen LogP contribution in [-0.2, 0) is 6.54 Å². The average molecular weight is 376 g/mol. The number of aromatic nitrogens is 1. The Hall–Kier alpha value is -3.46. The number of nitrogens with one attached hydrogen (secondary N) is 2. The van der Waals surface area contributed by atoms with E-state index < -0.39 is 0 Å². The Morgan fingerprint density at radius 3 is 2.54 bits per heavy atom. The monoisotopic (exact) mass is 376 g/mol. The molecule has 144 valence electrons. The second-order valence-electron chi connectivity index (χ2n) is 6.43. The minimum Gasteiger partial charge on any atom is -0.497 e. The van der Waals surface area contributed by atoms with Gasteiger partial charge in [-0.15, -0.1) is 0 Å². The van der Waals surface area contributed by atoms with Crippen molar-refractivity contribution in [2.75, 3.05) is 19.0 Å². The maximum absolute atomic E-state index is 11.7. The quantitative estimate of drug-likeness (QED) is 0.652. The summed E-state index contributed by atoms with van der Waals surface area (Å²) >= 11 is 0. The Morgan fingerprint density at radius 1 is 1.18 bits per heavy atom. The van der Waals surface area contributed by atoms with Gasteiger partial charge in [-0.05, 0) is 49.2 Å². The lowest BCUT2D eigenvalue weighted by molar-refractivity contribution is 0.252. The lowest BCUT2D eigenvalue weighted by atomic mass is 10.1. The summed E-state index contributed by atoms with van der Waals surface area (Å²) in [5.74, 6) is 0.727. The smallest absolute Gasteiger partial charge is 0.319 e. The number of carbonyl (C=O) groups is 1. The van der Waals surface area contributed by atoms with Gasteiger partial charge in [0.2, 0.25) is 0 Å². The highest BCUT2D eigenvalue weighted by Gasteiger charge is 2.19. The molecule has 0 radical (unpaired) electrons. The fourth-order valence-electron chi connectivity index (χ4n) is 3.38. The molecule has 0 saturated heterocycles. The predicted octanol–water partition coefficient (Wildman–Crippen LogP) is 4.74. The van der Waals surface area contributed by atoms with Gasteiger partial charge in [0.05, 0.1) is 23.9 Å². The van der Waals surface area contributed by atoms with E-state index in [9.17, 15) is 10.1 Å². The first-order valence-electron chi connectivity index (χ1n) is 9.38. The van der Waals surface area contributed by atoms with E-state index >= 15 is 0 Å². The zero-order chi connectivity index (χ0) is 20.1. The molecule has 0 bridgehead atoms. The molecule has 0 aliphatic rings. The molecule has 0 atom stereocenters. The molecule has 0 saturated carbocycles. The molecule has 0 spiro atoms. The summed E-state index contributed by atoms with van der Waals surface area (Å²) in [7, 11) is 1.62. The highest BCUT2D eigenvalue weighted by atomic mass is 16.5. The summed E-state index contributed by atoms with van der Waals surface area (Å²) in [4.78, 5) is 11.7. The normalized spacial score (nSPS) is 10.5. The molecule has 28 heavy (non-hydrogen) atoms. The van der Waals surface area contributed by atoms with Crippen LogP contribution in [0.5, 0.6) is 5.75 Å². The summed E-state index contributed by atoms with van der Waals surface area (Å²) in [6.07, 6.45) is 0.949. The average Bonchev–Trinajstić information content (AvgIpc) is 3.01. The number of hydrogen-bond donors (Lipinski definition) is 2. The highest BCUT2D eigenvalue weighted by Crippen LogP contribution is 2.36. The Labute approximate surface area is 164 Å². The van der Waals surface area contributed by atoms with Crippen molar-refractivity contribution in [3.05, 3.63) is 48.0 Å². The number of rotatable bonds is 6. The summed E-state index contributed by atoms with van der Waals surface area (Å²) < 4.78 is 7.52. The van der Waals surface area contributed by atoms with Gasteiger partial charge in [0.1, 0.15) is 11.8 Å². The molecule has 6 nitrogen and oxygen atoms in total. The van der Waals surface area contributed by atoms with Crippen LogP contribution in [0.25, 0.3) is 22.2 Å². The van der Waals surface area contributed by atoms with Gasteiger partial charge in [-0.25, -0.2) is 4.79 Å². The first-order chi connectivity index (χ1) is 13.6. The highest BCUT2D eigenvalue weighted by molar-refractivity contribution is 5.96. The van der Waals surface area contributed by atoms with Crippen molar-refractivity contribution in [1.82, 2.24) is 9.88 Å². The fourth-order valence-corrected chi connectivity index (χ4v) is 3.38. The Morgan fingerprint density at radius 2 is 1.93 bits per heavy atom. The summed E-state index contributed by atoms with van der Waals surface area (Å²) in [6.45, 7) is 5.35. The van der Waals surface area contributed by atoms with Crippen molar-refractivity contribution in [3.63, 3.8) is 0 Å². The van der Waals surface area contributed by atoms with Crippen LogP contribution in [0.2, 0.25) is 0 Å². The first-order valence-corrected chi connectivity index (χ1v) is 9.38. The van der Waals surface area contributed by atoms with Crippen LogP contribution in [0.1, 0.15) is 25.8 Å². The van der Waals surface area contributed by atoms with Crippen LogP contribution in [0, 0.1) is 11.3 Å². The maximum atomic E-state index is 11.7. The third-order valence-corrected chi connectivity index (χ3v) is 4.58. The van der Waals surface area contributed by atoms with Crippen molar-refractivity contribution in [2.24, 2.45) is 0 Å². The van der Waals surface area contributed by atoms with Crippen molar-refractivity contribution in [2.45, 2.75) is 26.8 Å². The van der Waals surface area contributed by atoms with Crippen LogP contribution in [0.4, 0.5) is 10.5 Å². The number of carbonyl (C=O) groups excluding carboxylic acids is 1. The molecule has 1 heterocycles. The molecule has 0 unspecified atom stereocenters. The van der Waals surface area contributed by atoms with Crippen molar-refractivity contribution in [1.29, 1.82) is 5.26 Å². The number of ether oxygens (including phenoxy) is 1. The Kier molecular flexibility index (Phi) is 5.85. The van der Waals surface area contributed by atoms with Crippen LogP contribution in [-0.4, -0.2) is 24.3 Å². The molecule has 3 rings (SSSR count). The lowest BCUT2D eigenvalue weighted by Gasteiger charge is -2.11. The van der Waals surface area contributed by atoms with E-state index in [1.807, 2.05) is 49.4 Å². The lowest BCUT2D eigenvalue weighted by Crippen LogP contribution is -2.28. The van der Waals surface area contributed by atoms with E-state index in [0.29, 0.717) is 17.8 Å². The van der Waals surface area contributed by atoms with Crippen molar-refractivity contribution in [3.8, 4) is 23.1 Å². The second kappa shape index (κ2) is 8.49. The number of nitrogens with zero attached hydrogens (tertiary/aromatic N) is 2. The van der Waals surface area contributed by atoms with Gasteiger partial charge < -0.3 is 19.9 Å². The fraction of sp³-hybridized carbons (Fsp3) is 0.273. The van der Waals surface area contributed by atoms with E-state index in [0.717, 1.165) is 40.9 Å². The summed E-state index contributed by atoms with van der Waals surface area (Å²) in [5, 5.41) is 16.3.